The second-order valence-corrected chi connectivity index (χ2v) is 6.90. The van der Waals surface area contributed by atoms with Crippen molar-refractivity contribution in [3.05, 3.63) is 102 Å². The van der Waals surface area contributed by atoms with E-state index in [0.29, 0.717) is 23.5 Å². The van der Waals surface area contributed by atoms with E-state index in [1.54, 1.807) is 0 Å². The number of carbonyl (C=O) groups excluding carboxylic acids is 2. The average molecular weight is 382 g/mol. The number of aryl methyl sites for hydroxylation is 1. The van der Waals surface area contributed by atoms with Crippen molar-refractivity contribution in [2.45, 2.75) is 13.8 Å². The van der Waals surface area contributed by atoms with E-state index >= 15 is 0 Å². The summed E-state index contributed by atoms with van der Waals surface area (Å²) in [6.07, 6.45) is 0. The van der Waals surface area contributed by atoms with Crippen molar-refractivity contribution in [2.24, 2.45) is 0 Å². The number of hydrogen-bond acceptors (Lipinski definition) is 3. The number of carbonyl (C=O) groups is 2. The van der Waals surface area contributed by atoms with Crippen LogP contribution >= 0.6 is 0 Å². The lowest BCUT2D eigenvalue weighted by atomic mass is 10.0. The van der Waals surface area contributed by atoms with Gasteiger partial charge in [-0.05, 0) is 43.2 Å². The average Bonchev–Trinajstić information content (AvgIpc) is 3.01. The van der Waals surface area contributed by atoms with Crippen molar-refractivity contribution in [3.63, 3.8) is 0 Å². The smallest absolute Gasteiger partial charge is 0.282 e. The standard InChI is InChI=1S/C25H22N2O2/c1-3-26(20-15-8-5-9-16-20)23-22(19-13-6-4-7-14-19)24(28)27(25(23)29)21-17-11-10-12-18(21)2/h4-17H,3H2,1-2H3. The molecule has 0 saturated carbocycles. The number of para-hydroxylation sites is 2. The van der Waals surface area contributed by atoms with Crippen LogP contribution in [0.1, 0.15) is 18.1 Å². The zero-order valence-electron chi connectivity index (χ0n) is 16.5. The Morgan fingerprint density at radius 1 is 0.759 bits per heavy atom. The van der Waals surface area contributed by atoms with Crippen molar-refractivity contribution in [1.29, 1.82) is 0 Å². The van der Waals surface area contributed by atoms with Crippen molar-refractivity contribution < 1.29 is 9.59 Å². The maximum absolute atomic E-state index is 13.6. The van der Waals surface area contributed by atoms with Gasteiger partial charge >= 0.3 is 0 Å². The zero-order valence-corrected chi connectivity index (χ0v) is 16.5. The molecule has 0 N–H and O–H groups in total. The Morgan fingerprint density at radius 3 is 1.97 bits per heavy atom. The molecular formula is C25H22N2O2. The van der Waals surface area contributed by atoms with Gasteiger partial charge in [0.2, 0.25) is 0 Å². The van der Waals surface area contributed by atoms with Crippen LogP contribution in [0.25, 0.3) is 5.57 Å². The SMILES string of the molecule is CCN(C1=C(c2ccccc2)C(=O)N(c2ccccc2C)C1=O)c1ccccc1. The molecule has 0 radical (unpaired) electrons. The molecule has 0 fully saturated rings. The maximum Gasteiger partial charge on any atom is 0.282 e. The predicted octanol–water partition coefficient (Wildman–Crippen LogP) is 4.81. The number of amides is 2. The Labute approximate surface area is 170 Å². The van der Waals surface area contributed by atoms with Crippen LogP contribution in [0, 0.1) is 6.92 Å². The molecule has 29 heavy (non-hydrogen) atoms. The van der Waals surface area contributed by atoms with Crippen LogP contribution in [0.4, 0.5) is 11.4 Å². The molecule has 4 heteroatoms. The van der Waals surface area contributed by atoms with Gasteiger partial charge in [0, 0.05) is 12.2 Å². The van der Waals surface area contributed by atoms with E-state index in [1.165, 1.54) is 4.90 Å². The number of rotatable bonds is 5. The van der Waals surface area contributed by atoms with Crippen LogP contribution < -0.4 is 9.80 Å². The Kier molecular flexibility index (Phi) is 5.00. The largest absolute Gasteiger partial charge is 0.337 e. The summed E-state index contributed by atoms with van der Waals surface area (Å²) in [7, 11) is 0. The molecule has 0 unspecified atom stereocenters. The third-order valence-corrected chi connectivity index (χ3v) is 5.13. The van der Waals surface area contributed by atoms with Crippen LogP contribution in [-0.2, 0) is 9.59 Å². The molecular weight excluding hydrogens is 360 g/mol. The molecule has 4 nitrogen and oxygen atoms in total. The minimum atomic E-state index is -0.297. The van der Waals surface area contributed by atoms with E-state index in [1.807, 2.05) is 104 Å². The fourth-order valence-electron chi connectivity index (χ4n) is 3.74. The van der Waals surface area contributed by atoms with Gasteiger partial charge in [-0.3, -0.25) is 9.59 Å². The van der Waals surface area contributed by atoms with Gasteiger partial charge < -0.3 is 4.90 Å². The molecule has 4 rings (SSSR count). The van der Waals surface area contributed by atoms with Gasteiger partial charge in [-0.1, -0.05) is 66.7 Å². The molecule has 3 aromatic rings. The van der Waals surface area contributed by atoms with Crippen molar-refractivity contribution >= 4 is 28.8 Å². The first kappa shape index (κ1) is 18.7. The minimum absolute atomic E-state index is 0.292. The summed E-state index contributed by atoms with van der Waals surface area (Å²) in [6, 6.07) is 26.6. The number of likely N-dealkylation sites (N-methyl/N-ethyl adjacent to an activating group) is 1. The molecule has 0 aliphatic carbocycles. The zero-order chi connectivity index (χ0) is 20.4. The van der Waals surface area contributed by atoms with Crippen LogP contribution in [-0.4, -0.2) is 18.4 Å². The molecule has 3 aromatic carbocycles. The van der Waals surface area contributed by atoms with E-state index in [-0.39, 0.29) is 11.8 Å². The summed E-state index contributed by atoms with van der Waals surface area (Å²) in [5.74, 6) is -0.589. The van der Waals surface area contributed by atoms with E-state index in [4.69, 9.17) is 0 Å². The Morgan fingerprint density at radius 2 is 1.34 bits per heavy atom. The molecule has 1 aliphatic rings. The molecule has 0 saturated heterocycles. The maximum atomic E-state index is 13.6. The van der Waals surface area contributed by atoms with Crippen LogP contribution in [0.5, 0.6) is 0 Å². The lowest BCUT2D eigenvalue weighted by Crippen LogP contribution is -2.35. The first-order valence-electron chi connectivity index (χ1n) is 9.70. The molecule has 1 aliphatic heterocycles. The quantitative estimate of drug-likeness (QED) is 0.595. The number of nitrogens with zero attached hydrogens (tertiary/aromatic N) is 2. The van der Waals surface area contributed by atoms with Gasteiger partial charge in [0.25, 0.3) is 11.8 Å². The molecule has 0 bridgehead atoms. The third-order valence-electron chi connectivity index (χ3n) is 5.13. The van der Waals surface area contributed by atoms with E-state index in [9.17, 15) is 9.59 Å². The number of anilines is 2. The van der Waals surface area contributed by atoms with Crippen molar-refractivity contribution in [2.75, 3.05) is 16.3 Å². The summed E-state index contributed by atoms with van der Waals surface area (Å²) < 4.78 is 0. The molecule has 0 aromatic heterocycles. The van der Waals surface area contributed by atoms with Gasteiger partial charge in [-0.15, -0.1) is 0 Å². The van der Waals surface area contributed by atoms with E-state index in [0.717, 1.165) is 16.8 Å². The second-order valence-electron chi connectivity index (χ2n) is 6.90. The Hall–Kier alpha value is -3.66. The highest BCUT2D eigenvalue weighted by Crippen LogP contribution is 2.37. The highest BCUT2D eigenvalue weighted by atomic mass is 16.2. The Bertz CT molecular complexity index is 1090. The Balaban J connectivity index is 1.92. The molecule has 0 spiro atoms. The first-order valence-corrected chi connectivity index (χ1v) is 9.70. The lowest BCUT2D eigenvalue weighted by Gasteiger charge is -2.25. The van der Waals surface area contributed by atoms with Crippen LogP contribution in [0.15, 0.2) is 90.6 Å². The van der Waals surface area contributed by atoms with Gasteiger partial charge in [-0.25, -0.2) is 4.90 Å². The fourth-order valence-corrected chi connectivity index (χ4v) is 3.74. The van der Waals surface area contributed by atoms with Gasteiger partial charge in [0.1, 0.15) is 5.70 Å². The predicted molar refractivity (Wildman–Crippen MR) is 116 cm³/mol. The number of imide groups is 1. The van der Waals surface area contributed by atoms with Gasteiger partial charge in [-0.2, -0.15) is 0 Å². The summed E-state index contributed by atoms with van der Waals surface area (Å²) in [6.45, 7) is 4.46. The van der Waals surface area contributed by atoms with Crippen molar-refractivity contribution in [3.8, 4) is 0 Å². The van der Waals surface area contributed by atoms with Gasteiger partial charge in [0.15, 0.2) is 0 Å². The fraction of sp³-hybridized carbons (Fsp3) is 0.120. The minimum Gasteiger partial charge on any atom is -0.337 e. The third kappa shape index (κ3) is 3.23. The normalized spacial score (nSPS) is 13.9. The summed E-state index contributed by atoms with van der Waals surface area (Å²) in [5, 5.41) is 0. The molecule has 144 valence electrons. The van der Waals surface area contributed by atoms with E-state index in [2.05, 4.69) is 0 Å². The lowest BCUT2D eigenvalue weighted by molar-refractivity contribution is -0.120. The number of hydrogen-bond donors (Lipinski definition) is 0. The molecule has 2 amide bonds. The molecule has 0 atom stereocenters. The summed E-state index contributed by atoms with van der Waals surface area (Å²) in [5.41, 5.74) is 3.97. The summed E-state index contributed by atoms with van der Waals surface area (Å²) in [4.78, 5) is 30.4. The topological polar surface area (TPSA) is 40.6 Å². The van der Waals surface area contributed by atoms with Crippen LogP contribution in [0.3, 0.4) is 0 Å². The summed E-state index contributed by atoms with van der Waals surface area (Å²) >= 11 is 0. The van der Waals surface area contributed by atoms with Crippen LogP contribution in [0.2, 0.25) is 0 Å². The monoisotopic (exact) mass is 382 g/mol. The highest BCUT2D eigenvalue weighted by molar-refractivity contribution is 6.46. The van der Waals surface area contributed by atoms with Crippen molar-refractivity contribution in [1.82, 2.24) is 0 Å². The number of benzene rings is 3. The highest BCUT2D eigenvalue weighted by Gasteiger charge is 2.42. The first-order chi connectivity index (χ1) is 14.1. The van der Waals surface area contributed by atoms with E-state index < -0.39 is 0 Å². The second kappa shape index (κ2) is 7.76. The molecule has 1 heterocycles. The van der Waals surface area contributed by atoms with Gasteiger partial charge in [0.05, 0.1) is 11.3 Å².